The molecule has 1 aromatic carbocycles. The Kier molecular flexibility index (Phi) is 8.98. The van der Waals surface area contributed by atoms with Gasteiger partial charge in [-0.05, 0) is 62.0 Å². The normalized spacial score (nSPS) is 14.8. The van der Waals surface area contributed by atoms with Gasteiger partial charge in [0.15, 0.2) is 0 Å². The molecule has 0 bridgehead atoms. The van der Waals surface area contributed by atoms with Crippen LogP contribution in [0.3, 0.4) is 0 Å². The molecule has 4 aromatic rings. The van der Waals surface area contributed by atoms with Gasteiger partial charge in [-0.25, -0.2) is 4.98 Å². The predicted molar refractivity (Wildman–Crippen MR) is 154 cm³/mol. The van der Waals surface area contributed by atoms with Crippen LogP contribution in [0.1, 0.15) is 29.9 Å². The number of benzene rings is 1. The Labute approximate surface area is 232 Å². The summed E-state index contributed by atoms with van der Waals surface area (Å²) in [6, 6.07) is 6.32. The largest absolute Gasteiger partial charge is 0.382 e. The van der Waals surface area contributed by atoms with Crippen LogP contribution >= 0.6 is 11.6 Å². The third-order valence-electron chi connectivity index (χ3n) is 7.30. The number of ether oxygens (including phenoxy) is 2. The number of anilines is 1. The van der Waals surface area contributed by atoms with E-state index in [9.17, 15) is 4.79 Å². The quantitative estimate of drug-likeness (QED) is 0.227. The first-order chi connectivity index (χ1) is 19.0. The smallest absolute Gasteiger partial charge is 0.261 e. The zero-order valence-electron chi connectivity index (χ0n) is 22.5. The zero-order chi connectivity index (χ0) is 27.2. The Morgan fingerprint density at radius 2 is 2.03 bits per heavy atom. The number of hydrogen-bond acceptors (Lipinski definition) is 7. The molecule has 0 radical (unpaired) electrons. The van der Waals surface area contributed by atoms with Crippen LogP contribution in [-0.2, 0) is 16.0 Å². The summed E-state index contributed by atoms with van der Waals surface area (Å²) in [7, 11) is 1.69. The van der Waals surface area contributed by atoms with Crippen molar-refractivity contribution in [2.24, 2.45) is 0 Å². The number of H-pyrrole nitrogens is 2. The Morgan fingerprint density at radius 1 is 1.18 bits per heavy atom. The third-order valence-corrected chi connectivity index (χ3v) is 7.49. The predicted octanol–water partition coefficient (Wildman–Crippen LogP) is 4.03. The van der Waals surface area contributed by atoms with Gasteiger partial charge >= 0.3 is 0 Å². The topological polar surface area (TPSA) is 113 Å². The lowest BCUT2D eigenvalue weighted by atomic mass is 9.88. The average Bonchev–Trinajstić information content (AvgIpc) is 3.55. The molecule has 1 saturated heterocycles. The number of piperidine rings is 1. The van der Waals surface area contributed by atoms with Gasteiger partial charge < -0.3 is 29.7 Å². The van der Waals surface area contributed by atoms with Crippen molar-refractivity contribution in [2.45, 2.75) is 32.2 Å². The van der Waals surface area contributed by atoms with Gasteiger partial charge in [-0.15, -0.1) is 0 Å². The van der Waals surface area contributed by atoms with E-state index in [0.717, 1.165) is 55.7 Å². The fourth-order valence-electron chi connectivity index (χ4n) is 5.23. The van der Waals surface area contributed by atoms with Crippen molar-refractivity contribution >= 4 is 28.3 Å². The maximum absolute atomic E-state index is 12.9. The summed E-state index contributed by atoms with van der Waals surface area (Å²) in [6.45, 7) is 8.37. The average molecular weight is 554 g/mol. The summed E-state index contributed by atoms with van der Waals surface area (Å²) in [4.78, 5) is 26.4. The number of aromatic amines is 2. The van der Waals surface area contributed by atoms with Crippen molar-refractivity contribution in [1.82, 2.24) is 29.6 Å². The third kappa shape index (κ3) is 6.70. The molecule has 3 N–H and O–H groups in total. The second-order valence-electron chi connectivity index (χ2n) is 9.98. The van der Waals surface area contributed by atoms with Gasteiger partial charge in [0.05, 0.1) is 54.3 Å². The molecular weight excluding hydrogens is 518 g/mol. The number of rotatable bonds is 12. The van der Waals surface area contributed by atoms with Crippen LogP contribution in [0.2, 0.25) is 5.02 Å². The van der Waals surface area contributed by atoms with Crippen LogP contribution in [0.4, 0.5) is 5.69 Å². The zero-order valence-corrected chi connectivity index (χ0v) is 23.3. The van der Waals surface area contributed by atoms with E-state index >= 15 is 0 Å². The van der Waals surface area contributed by atoms with Crippen molar-refractivity contribution in [1.29, 1.82) is 0 Å². The second kappa shape index (κ2) is 12.8. The summed E-state index contributed by atoms with van der Waals surface area (Å²) in [5.41, 5.74) is 5.29. The maximum Gasteiger partial charge on any atom is 0.261 e. The van der Waals surface area contributed by atoms with Crippen molar-refractivity contribution in [3.8, 4) is 11.4 Å². The molecule has 0 saturated carbocycles. The van der Waals surface area contributed by atoms with Crippen LogP contribution in [-0.4, -0.2) is 82.7 Å². The molecule has 3 aromatic heterocycles. The molecule has 0 aliphatic carbocycles. The number of nitrogens with zero attached hydrogens (tertiary/aromatic N) is 4. The van der Waals surface area contributed by atoms with Crippen LogP contribution in [0.15, 0.2) is 41.6 Å². The number of halogens is 1. The summed E-state index contributed by atoms with van der Waals surface area (Å²) >= 11 is 5.96. The number of imidazole rings is 1. The number of fused-ring (bicyclic) bond motifs is 1. The molecule has 4 heterocycles. The minimum Gasteiger partial charge on any atom is -0.382 e. The van der Waals surface area contributed by atoms with E-state index in [1.807, 2.05) is 6.07 Å². The van der Waals surface area contributed by atoms with Gasteiger partial charge in [0.1, 0.15) is 11.4 Å². The van der Waals surface area contributed by atoms with Crippen molar-refractivity contribution in [3.63, 3.8) is 0 Å². The summed E-state index contributed by atoms with van der Waals surface area (Å²) < 4.78 is 12.4. The monoisotopic (exact) mass is 553 g/mol. The summed E-state index contributed by atoms with van der Waals surface area (Å²) in [6.07, 6.45) is 7.23. The molecule has 11 heteroatoms. The lowest BCUT2D eigenvalue weighted by Crippen LogP contribution is -2.35. The second-order valence-corrected chi connectivity index (χ2v) is 10.4. The van der Waals surface area contributed by atoms with Gasteiger partial charge in [-0.3, -0.25) is 9.48 Å². The highest BCUT2D eigenvalue weighted by Gasteiger charge is 2.22. The number of aromatic nitrogens is 5. The molecule has 0 atom stereocenters. The molecule has 1 fully saturated rings. The van der Waals surface area contributed by atoms with Gasteiger partial charge in [-0.2, -0.15) is 5.10 Å². The van der Waals surface area contributed by atoms with E-state index in [4.69, 9.17) is 26.1 Å². The number of nitrogens with one attached hydrogen (secondary N) is 3. The molecule has 10 nitrogen and oxygen atoms in total. The minimum absolute atomic E-state index is 0.197. The van der Waals surface area contributed by atoms with Crippen LogP contribution < -0.4 is 10.9 Å². The summed E-state index contributed by atoms with van der Waals surface area (Å²) in [5, 5.41) is 8.16. The standard InChI is InChI=1S/C28H36ClN7O3/c1-19-15-21(20-4-8-35(9-5-20)11-12-39-14-13-38-2)16-24-26(19)34-27(33-24)25-23(3-6-31-28(25)37)30-7-10-36-18-22(29)17-32-36/h3,6,15-18,20H,4-5,7-14H2,1-2H3,(H,33,34)(H2,30,31,37). The highest BCUT2D eigenvalue weighted by Crippen LogP contribution is 2.33. The number of hydrogen-bond donors (Lipinski definition) is 3. The Morgan fingerprint density at radius 3 is 2.79 bits per heavy atom. The van der Waals surface area contributed by atoms with E-state index in [0.29, 0.717) is 54.3 Å². The number of pyridine rings is 1. The van der Waals surface area contributed by atoms with Crippen molar-refractivity contribution < 1.29 is 9.47 Å². The molecular formula is C28H36ClN7O3. The number of methoxy groups -OCH3 is 1. The first-order valence-corrected chi connectivity index (χ1v) is 13.8. The molecule has 1 aliphatic rings. The number of aryl methyl sites for hydroxylation is 1. The lowest BCUT2D eigenvalue weighted by Gasteiger charge is -2.32. The molecule has 0 spiro atoms. The van der Waals surface area contributed by atoms with Gasteiger partial charge in [0, 0.05) is 32.6 Å². The van der Waals surface area contributed by atoms with Gasteiger partial charge in [0.2, 0.25) is 0 Å². The van der Waals surface area contributed by atoms with Crippen LogP contribution in [0.25, 0.3) is 22.4 Å². The van der Waals surface area contributed by atoms with Crippen molar-refractivity contribution in [3.05, 3.63) is 63.3 Å². The molecule has 5 rings (SSSR count). The van der Waals surface area contributed by atoms with E-state index in [-0.39, 0.29) is 5.56 Å². The summed E-state index contributed by atoms with van der Waals surface area (Å²) in [5.74, 6) is 1.05. The maximum atomic E-state index is 12.9. The lowest BCUT2D eigenvalue weighted by molar-refractivity contribution is 0.0532. The van der Waals surface area contributed by atoms with E-state index in [2.05, 4.69) is 44.3 Å². The molecule has 208 valence electrons. The highest BCUT2D eigenvalue weighted by atomic mass is 35.5. The Hall–Kier alpha value is -3.18. The van der Waals surface area contributed by atoms with Crippen LogP contribution in [0.5, 0.6) is 0 Å². The Bertz CT molecular complexity index is 1440. The van der Waals surface area contributed by atoms with Gasteiger partial charge in [0.25, 0.3) is 5.56 Å². The number of likely N-dealkylation sites (tertiary alicyclic amines) is 1. The first-order valence-electron chi connectivity index (χ1n) is 13.4. The van der Waals surface area contributed by atoms with Crippen molar-refractivity contribution in [2.75, 3.05) is 58.4 Å². The van der Waals surface area contributed by atoms with Gasteiger partial charge in [-0.1, -0.05) is 17.7 Å². The van der Waals surface area contributed by atoms with E-state index in [1.165, 1.54) is 5.56 Å². The first kappa shape index (κ1) is 27.4. The van der Waals surface area contributed by atoms with E-state index < -0.39 is 0 Å². The molecule has 0 amide bonds. The fourth-order valence-corrected chi connectivity index (χ4v) is 5.38. The van der Waals surface area contributed by atoms with E-state index in [1.54, 1.807) is 30.4 Å². The SMILES string of the molecule is COCCOCCN1CCC(c2cc(C)c3nc(-c4c(NCCn5cc(Cl)cn5)cc[nH]c4=O)[nH]c3c2)CC1. The van der Waals surface area contributed by atoms with Crippen LogP contribution in [0, 0.1) is 6.92 Å². The minimum atomic E-state index is -0.197. The molecule has 0 unspecified atom stereocenters. The fraction of sp³-hybridized carbons (Fsp3) is 0.464. The highest BCUT2D eigenvalue weighted by molar-refractivity contribution is 6.30. The Balaban J connectivity index is 1.28. The molecule has 39 heavy (non-hydrogen) atoms. The molecule has 1 aliphatic heterocycles.